The summed E-state index contributed by atoms with van der Waals surface area (Å²) in [6.07, 6.45) is 1.35. The molecule has 0 radical (unpaired) electrons. The molecule has 0 saturated carbocycles. The van der Waals surface area contributed by atoms with Crippen molar-refractivity contribution >= 4 is 50.2 Å². The zero-order valence-electron chi connectivity index (χ0n) is 12.5. The molecule has 0 saturated heterocycles. The molecule has 120 valence electrons. The van der Waals surface area contributed by atoms with Crippen LogP contribution in [0.15, 0.2) is 29.3 Å². The Morgan fingerprint density at radius 3 is 2.96 bits per heavy atom. The second-order valence-corrected chi connectivity index (χ2v) is 6.77. The van der Waals surface area contributed by atoms with Crippen LogP contribution in [0, 0.1) is 6.92 Å². The van der Waals surface area contributed by atoms with Gasteiger partial charge in [-0.05, 0) is 30.2 Å². The molecule has 0 aliphatic rings. The summed E-state index contributed by atoms with van der Waals surface area (Å²) >= 11 is 2.38. The molecular formula is C15H11N5O2S2. The van der Waals surface area contributed by atoms with E-state index < -0.39 is 0 Å². The Morgan fingerprint density at radius 1 is 1.29 bits per heavy atom. The van der Waals surface area contributed by atoms with Gasteiger partial charge in [-0.1, -0.05) is 6.07 Å². The number of rotatable bonds is 3. The molecule has 1 amide bonds. The van der Waals surface area contributed by atoms with Gasteiger partial charge in [0, 0.05) is 6.54 Å². The molecule has 0 spiro atoms. The lowest BCUT2D eigenvalue weighted by molar-refractivity contribution is 0.0954. The van der Waals surface area contributed by atoms with Gasteiger partial charge in [-0.25, -0.2) is 4.98 Å². The highest BCUT2D eigenvalue weighted by Gasteiger charge is 2.18. The van der Waals surface area contributed by atoms with Gasteiger partial charge in [-0.15, -0.1) is 11.3 Å². The van der Waals surface area contributed by atoms with Gasteiger partial charge in [0.15, 0.2) is 0 Å². The molecule has 3 heterocycles. The fraction of sp³-hybridized carbons (Fsp3) is 0.133. The van der Waals surface area contributed by atoms with E-state index in [-0.39, 0.29) is 11.5 Å². The van der Waals surface area contributed by atoms with Crippen molar-refractivity contribution in [1.29, 1.82) is 0 Å². The molecule has 0 atom stereocenters. The average molecular weight is 357 g/mol. The number of H-pyrrole nitrogens is 1. The summed E-state index contributed by atoms with van der Waals surface area (Å²) in [5.74, 6) is -0.216. The van der Waals surface area contributed by atoms with Crippen LogP contribution in [0.5, 0.6) is 0 Å². The Balaban J connectivity index is 1.59. The fourth-order valence-corrected chi connectivity index (χ4v) is 4.08. The molecule has 24 heavy (non-hydrogen) atoms. The van der Waals surface area contributed by atoms with Gasteiger partial charge >= 0.3 is 0 Å². The van der Waals surface area contributed by atoms with E-state index in [1.807, 2.05) is 18.2 Å². The van der Waals surface area contributed by atoms with Crippen molar-refractivity contribution in [1.82, 2.24) is 24.0 Å². The summed E-state index contributed by atoms with van der Waals surface area (Å²) in [7, 11) is 0. The maximum absolute atomic E-state index is 12.5. The van der Waals surface area contributed by atoms with Crippen LogP contribution in [-0.4, -0.2) is 24.6 Å². The van der Waals surface area contributed by atoms with Crippen LogP contribution in [0.2, 0.25) is 0 Å². The van der Waals surface area contributed by atoms with Crippen molar-refractivity contribution in [3.63, 3.8) is 0 Å². The summed E-state index contributed by atoms with van der Waals surface area (Å²) in [5.41, 5.74) is 3.04. The lowest BCUT2D eigenvalue weighted by atomic mass is 10.2. The number of fused-ring (bicyclic) bond motifs is 2. The van der Waals surface area contributed by atoms with Gasteiger partial charge in [0.1, 0.15) is 15.9 Å². The molecule has 9 heteroatoms. The van der Waals surface area contributed by atoms with Gasteiger partial charge < -0.3 is 10.3 Å². The molecule has 1 aromatic carbocycles. The third kappa shape index (κ3) is 2.47. The van der Waals surface area contributed by atoms with Crippen LogP contribution >= 0.6 is 23.1 Å². The summed E-state index contributed by atoms with van der Waals surface area (Å²) in [5, 5.41) is 3.35. The largest absolute Gasteiger partial charge is 0.347 e. The smallest absolute Gasteiger partial charge is 0.261 e. The first kappa shape index (κ1) is 14.9. The van der Waals surface area contributed by atoms with Gasteiger partial charge in [0.2, 0.25) is 0 Å². The Hall–Kier alpha value is -2.65. The number of aryl methyl sites for hydroxylation is 1. The maximum atomic E-state index is 12.5. The Bertz CT molecular complexity index is 1130. The van der Waals surface area contributed by atoms with Crippen molar-refractivity contribution in [2.45, 2.75) is 13.5 Å². The third-order valence-electron chi connectivity index (χ3n) is 3.71. The number of thiophene rings is 1. The highest BCUT2D eigenvalue weighted by atomic mass is 32.1. The predicted octanol–water partition coefficient (Wildman–Crippen LogP) is 2.23. The van der Waals surface area contributed by atoms with Gasteiger partial charge in [0.25, 0.3) is 11.5 Å². The number of carbonyl (C=O) groups is 1. The molecule has 2 N–H and O–H groups in total. The van der Waals surface area contributed by atoms with Crippen LogP contribution in [0.25, 0.3) is 21.3 Å². The Labute approximate surface area is 143 Å². The van der Waals surface area contributed by atoms with E-state index in [2.05, 4.69) is 24.0 Å². The number of hydrogen-bond donors (Lipinski definition) is 2. The minimum absolute atomic E-state index is 0.216. The van der Waals surface area contributed by atoms with Crippen LogP contribution in [0.1, 0.15) is 20.8 Å². The maximum Gasteiger partial charge on any atom is 0.261 e. The molecule has 4 aromatic rings. The number of aromatic nitrogens is 4. The van der Waals surface area contributed by atoms with Crippen molar-refractivity contribution < 1.29 is 4.79 Å². The van der Waals surface area contributed by atoms with E-state index in [1.54, 1.807) is 6.92 Å². The number of hydrogen-bond acceptors (Lipinski definition) is 7. The number of nitrogens with one attached hydrogen (secondary N) is 2. The zero-order valence-corrected chi connectivity index (χ0v) is 14.1. The minimum Gasteiger partial charge on any atom is -0.347 e. The lowest BCUT2D eigenvalue weighted by Gasteiger charge is -2.04. The summed E-state index contributed by atoms with van der Waals surface area (Å²) < 4.78 is 8.34. The highest BCUT2D eigenvalue weighted by molar-refractivity contribution is 7.20. The zero-order chi connectivity index (χ0) is 16.7. The number of nitrogens with zero attached hydrogens (tertiary/aromatic N) is 3. The van der Waals surface area contributed by atoms with Crippen LogP contribution in [0.4, 0.5) is 0 Å². The molecule has 7 nitrogen and oxygen atoms in total. The van der Waals surface area contributed by atoms with E-state index in [4.69, 9.17) is 0 Å². The van der Waals surface area contributed by atoms with Gasteiger partial charge in [-0.2, -0.15) is 8.75 Å². The molecule has 0 aliphatic heterocycles. The lowest BCUT2D eigenvalue weighted by Crippen LogP contribution is -2.22. The number of carbonyl (C=O) groups excluding carboxylic acids is 1. The van der Waals surface area contributed by atoms with Crippen molar-refractivity contribution in [2.24, 2.45) is 0 Å². The van der Waals surface area contributed by atoms with E-state index in [1.165, 1.54) is 17.7 Å². The van der Waals surface area contributed by atoms with Crippen molar-refractivity contribution in [2.75, 3.05) is 0 Å². The molecular weight excluding hydrogens is 346 g/mol. The van der Waals surface area contributed by atoms with Crippen LogP contribution in [-0.2, 0) is 6.54 Å². The quantitative estimate of drug-likeness (QED) is 0.585. The molecule has 0 bridgehead atoms. The second-order valence-electron chi connectivity index (χ2n) is 5.24. The van der Waals surface area contributed by atoms with E-state index >= 15 is 0 Å². The number of aromatic amines is 1. The SMILES string of the molecule is Cc1c(C(=O)NCc2ccc3nsnc3c2)sc2nc[nH]c(=O)c12. The van der Waals surface area contributed by atoms with Gasteiger partial charge in [0.05, 0.1) is 28.3 Å². The number of benzene rings is 1. The first-order valence-corrected chi connectivity index (χ1v) is 8.64. The monoisotopic (exact) mass is 357 g/mol. The fourth-order valence-electron chi connectivity index (χ4n) is 2.50. The second kappa shape index (κ2) is 5.77. The minimum atomic E-state index is -0.228. The topological polar surface area (TPSA) is 101 Å². The molecule has 4 rings (SSSR count). The third-order valence-corrected chi connectivity index (χ3v) is 5.47. The van der Waals surface area contributed by atoms with Gasteiger partial charge in [-0.3, -0.25) is 9.59 Å². The Morgan fingerprint density at radius 2 is 2.12 bits per heavy atom. The molecule has 3 aromatic heterocycles. The normalized spacial score (nSPS) is 11.2. The van der Waals surface area contributed by atoms with E-state index in [9.17, 15) is 9.59 Å². The molecule has 0 aliphatic carbocycles. The number of amides is 1. The van der Waals surface area contributed by atoms with Crippen molar-refractivity contribution in [3.05, 3.63) is 50.9 Å². The summed E-state index contributed by atoms with van der Waals surface area (Å²) in [4.78, 5) is 32.1. The van der Waals surface area contributed by atoms with Crippen molar-refractivity contribution in [3.8, 4) is 0 Å². The Kier molecular flexibility index (Phi) is 3.58. The van der Waals surface area contributed by atoms with Crippen LogP contribution in [0.3, 0.4) is 0 Å². The molecule has 0 fully saturated rings. The summed E-state index contributed by atoms with van der Waals surface area (Å²) in [6, 6.07) is 5.70. The van der Waals surface area contributed by atoms with E-state index in [0.717, 1.165) is 28.3 Å². The summed E-state index contributed by atoms with van der Waals surface area (Å²) in [6.45, 7) is 2.14. The highest BCUT2D eigenvalue weighted by Crippen LogP contribution is 2.26. The molecule has 0 unspecified atom stereocenters. The van der Waals surface area contributed by atoms with Crippen LogP contribution < -0.4 is 10.9 Å². The first-order chi connectivity index (χ1) is 11.6. The first-order valence-electron chi connectivity index (χ1n) is 7.09. The predicted molar refractivity (Wildman–Crippen MR) is 93.6 cm³/mol. The standard InChI is InChI=1S/C15H11N5O2S2/c1-7-11-13(21)17-6-18-15(11)23-12(7)14(22)16-5-8-2-3-9-10(4-8)20-24-19-9/h2-4,6H,5H2,1H3,(H,16,22)(H,17,18,21). The average Bonchev–Trinajstić information content (AvgIpc) is 3.17. The van der Waals surface area contributed by atoms with E-state index in [0.29, 0.717) is 27.2 Å².